The molecule has 3 rings (SSSR count). The van der Waals surface area contributed by atoms with Crippen molar-refractivity contribution in [2.75, 3.05) is 13.1 Å². The van der Waals surface area contributed by atoms with Crippen molar-refractivity contribution < 1.29 is 18.0 Å². The number of rotatable bonds is 2. The quantitative estimate of drug-likeness (QED) is 0.920. The number of aromatic nitrogens is 2. The van der Waals surface area contributed by atoms with E-state index in [1.54, 1.807) is 17.3 Å². The van der Waals surface area contributed by atoms with E-state index in [-0.39, 0.29) is 11.5 Å². The number of carbonyl (C=O) groups excluding carboxylic acids is 1. The number of aromatic amines is 1. The van der Waals surface area contributed by atoms with Crippen molar-refractivity contribution in [2.24, 2.45) is 0 Å². The molecule has 0 aliphatic carbocycles. The minimum absolute atomic E-state index is 0.225. The zero-order chi connectivity index (χ0) is 16.4. The molecule has 1 aliphatic heterocycles. The first-order chi connectivity index (χ1) is 10.9. The van der Waals surface area contributed by atoms with Gasteiger partial charge in [-0.05, 0) is 37.1 Å². The second-order valence-corrected chi connectivity index (χ2v) is 5.62. The van der Waals surface area contributed by atoms with E-state index in [0.29, 0.717) is 19.0 Å². The molecule has 1 fully saturated rings. The van der Waals surface area contributed by atoms with Crippen LogP contribution < -0.4 is 0 Å². The lowest BCUT2D eigenvalue weighted by Crippen LogP contribution is -2.38. The molecule has 1 aliphatic rings. The molecule has 0 spiro atoms. The second-order valence-electron chi connectivity index (χ2n) is 5.62. The van der Waals surface area contributed by atoms with Crippen molar-refractivity contribution >= 4 is 5.91 Å². The molecule has 1 aromatic carbocycles. The van der Waals surface area contributed by atoms with Crippen LogP contribution in [0.15, 0.2) is 36.7 Å². The van der Waals surface area contributed by atoms with E-state index in [4.69, 9.17) is 0 Å². The lowest BCUT2D eigenvalue weighted by Gasteiger charge is -2.31. The Morgan fingerprint density at radius 3 is 2.35 bits per heavy atom. The van der Waals surface area contributed by atoms with E-state index < -0.39 is 11.7 Å². The Kier molecular flexibility index (Phi) is 4.11. The number of carbonyl (C=O) groups is 1. The molecule has 1 amide bonds. The van der Waals surface area contributed by atoms with Crippen LogP contribution >= 0.6 is 0 Å². The molecular formula is C16H16F3N3O. The maximum absolute atomic E-state index is 12.5. The van der Waals surface area contributed by atoms with Gasteiger partial charge in [-0.25, -0.2) is 4.98 Å². The van der Waals surface area contributed by atoms with Crippen molar-refractivity contribution in [1.29, 1.82) is 0 Å². The van der Waals surface area contributed by atoms with Crippen molar-refractivity contribution in [3.05, 3.63) is 53.6 Å². The SMILES string of the molecule is O=C(c1ccc(C(F)(F)F)cc1)N1CCC(c2ncc[nH]2)CC1. The van der Waals surface area contributed by atoms with Gasteiger partial charge in [0, 0.05) is 37.0 Å². The van der Waals surface area contributed by atoms with Crippen LogP contribution in [0.3, 0.4) is 0 Å². The van der Waals surface area contributed by atoms with Crippen LogP contribution in [-0.4, -0.2) is 33.9 Å². The van der Waals surface area contributed by atoms with Crippen molar-refractivity contribution in [3.8, 4) is 0 Å². The number of hydrogen-bond donors (Lipinski definition) is 1. The van der Waals surface area contributed by atoms with Crippen LogP contribution in [0.25, 0.3) is 0 Å². The number of alkyl halides is 3. The van der Waals surface area contributed by atoms with Gasteiger partial charge in [0.2, 0.25) is 0 Å². The number of H-pyrrole nitrogens is 1. The summed E-state index contributed by atoms with van der Waals surface area (Å²) >= 11 is 0. The van der Waals surface area contributed by atoms with Crippen molar-refractivity contribution in [3.63, 3.8) is 0 Å². The average Bonchev–Trinajstić information content (AvgIpc) is 3.08. The summed E-state index contributed by atoms with van der Waals surface area (Å²) in [7, 11) is 0. The molecule has 0 bridgehead atoms. The number of amides is 1. The number of likely N-dealkylation sites (tertiary alicyclic amines) is 1. The number of piperidine rings is 1. The normalized spacial score (nSPS) is 16.6. The van der Waals surface area contributed by atoms with Gasteiger partial charge in [-0.3, -0.25) is 4.79 Å². The number of hydrogen-bond acceptors (Lipinski definition) is 2. The van der Waals surface area contributed by atoms with Gasteiger partial charge in [0.25, 0.3) is 5.91 Å². The highest BCUT2D eigenvalue weighted by atomic mass is 19.4. The van der Waals surface area contributed by atoms with E-state index in [9.17, 15) is 18.0 Å². The zero-order valence-electron chi connectivity index (χ0n) is 12.3. The number of halogens is 3. The highest BCUT2D eigenvalue weighted by Crippen LogP contribution is 2.30. The smallest absolute Gasteiger partial charge is 0.348 e. The Labute approximate surface area is 131 Å². The minimum Gasteiger partial charge on any atom is -0.348 e. The summed E-state index contributed by atoms with van der Waals surface area (Å²) in [5, 5.41) is 0. The maximum Gasteiger partial charge on any atom is 0.416 e. The molecule has 1 N–H and O–H groups in total. The van der Waals surface area contributed by atoms with Crippen LogP contribution in [0, 0.1) is 0 Å². The summed E-state index contributed by atoms with van der Waals surface area (Å²) in [5.74, 6) is 0.991. The molecule has 7 heteroatoms. The van der Waals surface area contributed by atoms with Gasteiger partial charge in [0.05, 0.1) is 5.56 Å². The van der Waals surface area contributed by atoms with Gasteiger partial charge in [-0.2, -0.15) is 13.2 Å². The summed E-state index contributed by atoms with van der Waals surface area (Å²) < 4.78 is 37.6. The van der Waals surface area contributed by atoms with Crippen molar-refractivity contribution in [1.82, 2.24) is 14.9 Å². The molecule has 1 saturated heterocycles. The summed E-state index contributed by atoms with van der Waals surface area (Å²) in [4.78, 5) is 21.4. The van der Waals surface area contributed by atoms with E-state index >= 15 is 0 Å². The summed E-state index contributed by atoms with van der Waals surface area (Å²) in [6, 6.07) is 4.37. The maximum atomic E-state index is 12.5. The molecule has 0 atom stereocenters. The summed E-state index contributed by atoms with van der Waals surface area (Å²) in [6.45, 7) is 1.15. The van der Waals surface area contributed by atoms with Gasteiger partial charge < -0.3 is 9.88 Å². The fourth-order valence-corrected chi connectivity index (χ4v) is 2.84. The highest BCUT2D eigenvalue weighted by molar-refractivity contribution is 5.94. The molecule has 2 heterocycles. The van der Waals surface area contributed by atoms with Crippen molar-refractivity contribution in [2.45, 2.75) is 24.9 Å². The third kappa shape index (κ3) is 3.38. The van der Waals surface area contributed by atoms with E-state index in [0.717, 1.165) is 30.8 Å². The molecule has 122 valence electrons. The average molecular weight is 323 g/mol. The topological polar surface area (TPSA) is 49.0 Å². The molecule has 2 aromatic rings. The molecular weight excluding hydrogens is 307 g/mol. The largest absolute Gasteiger partial charge is 0.416 e. The molecule has 0 saturated carbocycles. The van der Waals surface area contributed by atoms with Crippen LogP contribution in [0.1, 0.15) is 40.5 Å². The second kappa shape index (κ2) is 6.06. The van der Waals surface area contributed by atoms with E-state index in [1.807, 2.05) is 0 Å². The monoisotopic (exact) mass is 323 g/mol. The number of imidazole rings is 1. The van der Waals surface area contributed by atoms with Gasteiger partial charge in [-0.15, -0.1) is 0 Å². The summed E-state index contributed by atoms with van der Waals surface area (Å²) in [6.07, 6.45) is 0.673. The van der Waals surface area contributed by atoms with Gasteiger partial charge in [0.15, 0.2) is 0 Å². The van der Waals surface area contributed by atoms with Gasteiger partial charge in [-0.1, -0.05) is 0 Å². The molecule has 4 nitrogen and oxygen atoms in total. The predicted molar refractivity (Wildman–Crippen MR) is 77.9 cm³/mol. The molecule has 1 aromatic heterocycles. The zero-order valence-corrected chi connectivity index (χ0v) is 12.3. The fourth-order valence-electron chi connectivity index (χ4n) is 2.84. The molecule has 0 radical (unpaired) electrons. The van der Waals surface area contributed by atoms with Crippen LogP contribution in [0.2, 0.25) is 0 Å². The number of nitrogens with one attached hydrogen (secondary N) is 1. The molecule has 23 heavy (non-hydrogen) atoms. The van der Waals surface area contributed by atoms with Crippen LogP contribution in [-0.2, 0) is 6.18 Å². The Morgan fingerprint density at radius 2 is 1.83 bits per heavy atom. The minimum atomic E-state index is -4.39. The fraction of sp³-hybridized carbons (Fsp3) is 0.375. The Hall–Kier alpha value is -2.31. The predicted octanol–water partition coefficient (Wildman–Crippen LogP) is 3.45. The third-order valence-corrected chi connectivity index (χ3v) is 4.15. The number of benzene rings is 1. The first-order valence-corrected chi connectivity index (χ1v) is 7.41. The Bertz CT molecular complexity index is 657. The van der Waals surface area contributed by atoms with Crippen LogP contribution in [0.5, 0.6) is 0 Å². The number of nitrogens with zero attached hydrogens (tertiary/aromatic N) is 2. The van der Waals surface area contributed by atoms with Gasteiger partial charge in [0.1, 0.15) is 5.82 Å². The Balaban J connectivity index is 1.63. The highest BCUT2D eigenvalue weighted by Gasteiger charge is 2.31. The summed E-state index contributed by atoms with van der Waals surface area (Å²) in [5.41, 5.74) is -0.458. The first-order valence-electron chi connectivity index (χ1n) is 7.41. The lowest BCUT2D eigenvalue weighted by molar-refractivity contribution is -0.137. The van der Waals surface area contributed by atoms with Gasteiger partial charge >= 0.3 is 6.18 Å². The van der Waals surface area contributed by atoms with Crippen LogP contribution in [0.4, 0.5) is 13.2 Å². The van der Waals surface area contributed by atoms with E-state index in [2.05, 4.69) is 9.97 Å². The third-order valence-electron chi connectivity index (χ3n) is 4.15. The van der Waals surface area contributed by atoms with E-state index in [1.165, 1.54) is 12.1 Å². The first kappa shape index (κ1) is 15.6. The lowest BCUT2D eigenvalue weighted by atomic mass is 9.95. The molecule has 0 unspecified atom stereocenters. The standard InChI is InChI=1S/C16H16F3N3O/c17-16(18,19)13-3-1-12(2-4-13)15(23)22-9-5-11(6-10-22)14-20-7-8-21-14/h1-4,7-8,11H,5-6,9-10H2,(H,20,21). The Morgan fingerprint density at radius 1 is 1.17 bits per heavy atom.